The molecule has 0 fully saturated rings. The van der Waals surface area contributed by atoms with Gasteiger partial charge in [0.1, 0.15) is 11.5 Å². The first kappa shape index (κ1) is 42.9. The van der Waals surface area contributed by atoms with E-state index in [9.17, 15) is 26.7 Å². The number of phenols is 1. The standard InChI is InChI=1S/C29H17F3N2O3S.C28H18N2O/c30-29(31,32)38(35,36)37-23-14-12-20-16-22(11-10-21(20)17-23)28-33-26(19-7-2-1-3-8-19)25-15-13-18-6-4-5-9-24(18)27(25)34-28;31-23-14-12-20-16-22(11-10-21(20)17-23)28-29-26(19-7-2-1-3-8-19)25-15-13-18-6-4-5-9-24(18)27(25)30-28/h1-17H;1-17,31H. The molecule has 2 heterocycles. The Hall–Kier alpha value is -8.74. The van der Waals surface area contributed by atoms with Crippen molar-refractivity contribution < 1.29 is 30.9 Å². The Balaban J connectivity index is 0.000000154. The predicted octanol–water partition coefficient (Wildman–Crippen LogP) is 14.5. The number of halogens is 3. The first-order chi connectivity index (χ1) is 33.5. The zero-order chi connectivity index (χ0) is 47.3. The average molecular weight is 929 g/mol. The molecule has 0 amide bonds. The van der Waals surface area contributed by atoms with Gasteiger partial charge in [-0.2, -0.15) is 21.6 Å². The van der Waals surface area contributed by atoms with E-state index in [1.54, 1.807) is 30.3 Å². The van der Waals surface area contributed by atoms with Crippen LogP contribution in [0, 0.1) is 0 Å². The number of benzene rings is 10. The zero-order valence-corrected chi connectivity index (χ0v) is 36.9. The molecule has 0 saturated heterocycles. The van der Waals surface area contributed by atoms with Gasteiger partial charge in [0.05, 0.1) is 22.4 Å². The summed E-state index contributed by atoms with van der Waals surface area (Å²) in [6.45, 7) is 0. The molecule has 69 heavy (non-hydrogen) atoms. The minimum Gasteiger partial charge on any atom is -0.508 e. The molecule has 0 atom stereocenters. The number of phenolic OH excluding ortho intramolecular Hbond substituents is 1. The van der Waals surface area contributed by atoms with Crippen LogP contribution in [0.15, 0.2) is 206 Å². The summed E-state index contributed by atoms with van der Waals surface area (Å²) < 4.78 is 65.2. The molecule has 0 unspecified atom stereocenters. The van der Waals surface area contributed by atoms with E-state index in [1.165, 1.54) is 18.2 Å². The summed E-state index contributed by atoms with van der Waals surface area (Å²) in [5.41, 5.74) is 1.59. The zero-order valence-electron chi connectivity index (χ0n) is 36.1. The third kappa shape index (κ3) is 8.27. The van der Waals surface area contributed by atoms with Crippen LogP contribution in [-0.2, 0) is 10.1 Å². The van der Waals surface area contributed by atoms with Crippen molar-refractivity contribution >= 4 is 75.0 Å². The van der Waals surface area contributed by atoms with Crippen molar-refractivity contribution in [1.29, 1.82) is 0 Å². The van der Waals surface area contributed by atoms with E-state index in [4.69, 9.17) is 19.9 Å². The lowest BCUT2D eigenvalue weighted by molar-refractivity contribution is -0.0500. The second-order valence-corrected chi connectivity index (χ2v) is 17.9. The lowest BCUT2D eigenvalue weighted by Gasteiger charge is -2.12. The van der Waals surface area contributed by atoms with E-state index in [1.807, 2.05) is 115 Å². The van der Waals surface area contributed by atoms with Crippen molar-refractivity contribution in [2.24, 2.45) is 0 Å². The maximum Gasteiger partial charge on any atom is 0.534 e. The minimum atomic E-state index is -5.76. The highest BCUT2D eigenvalue weighted by molar-refractivity contribution is 7.88. The third-order valence-electron chi connectivity index (χ3n) is 11.9. The Kier molecular flexibility index (Phi) is 10.7. The molecule has 0 aliphatic rings. The number of nitrogens with zero attached hydrogens (tertiary/aromatic N) is 4. The predicted molar refractivity (Wildman–Crippen MR) is 268 cm³/mol. The fraction of sp³-hybridized carbons (Fsp3) is 0.0175. The number of fused-ring (bicyclic) bond motifs is 8. The van der Waals surface area contributed by atoms with Gasteiger partial charge in [-0.1, -0.05) is 158 Å². The molecule has 10 aromatic carbocycles. The van der Waals surface area contributed by atoms with Gasteiger partial charge in [-0.3, -0.25) is 0 Å². The maximum absolute atomic E-state index is 12.7. The molecule has 2 aromatic heterocycles. The largest absolute Gasteiger partial charge is 0.534 e. The van der Waals surface area contributed by atoms with Crippen molar-refractivity contribution in [3.63, 3.8) is 0 Å². The smallest absolute Gasteiger partial charge is 0.508 e. The number of alkyl halides is 3. The molecule has 0 aliphatic heterocycles. The minimum absolute atomic E-state index is 0.264. The van der Waals surface area contributed by atoms with Crippen LogP contribution in [-0.4, -0.2) is 39.0 Å². The van der Waals surface area contributed by atoms with Crippen molar-refractivity contribution in [1.82, 2.24) is 19.9 Å². The van der Waals surface area contributed by atoms with Gasteiger partial charge < -0.3 is 9.29 Å². The summed E-state index contributed by atoms with van der Waals surface area (Å²) in [5.74, 6) is 1.01. The molecule has 12 aromatic rings. The molecule has 12 heteroatoms. The quantitative estimate of drug-likeness (QED) is 0.0996. The van der Waals surface area contributed by atoms with Crippen LogP contribution in [0.5, 0.6) is 11.5 Å². The van der Waals surface area contributed by atoms with E-state index in [0.717, 1.165) is 82.2 Å². The Labute approximate surface area is 392 Å². The third-order valence-corrected chi connectivity index (χ3v) is 12.9. The first-order valence-electron chi connectivity index (χ1n) is 21.7. The monoisotopic (exact) mass is 928 g/mol. The van der Waals surface area contributed by atoms with E-state index in [0.29, 0.717) is 28.0 Å². The highest BCUT2D eigenvalue weighted by Gasteiger charge is 2.48. The number of aromatic hydroxyl groups is 1. The topological polar surface area (TPSA) is 115 Å². The van der Waals surface area contributed by atoms with E-state index < -0.39 is 21.4 Å². The molecule has 8 nitrogen and oxygen atoms in total. The Bertz CT molecular complexity index is 4080. The van der Waals surface area contributed by atoms with Crippen LogP contribution in [0.3, 0.4) is 0 Å². The molecule has 0 radical (unpaired) electrons. The molecule has 12 rings (SSSR count). The highest BCUT2D eigenvalue weighted by Crippen LogP contribution is 2.37. The molecular formula is C57H35F3N4O4S. The molecule has 1 N–H and O–H groups in total. The fourth-order valence-electron chi connectivity index (χ4n) is 8.58. The molecule has 0 bridgehead atoms. The van der Waals surface area contributed by atoms with Crippen molar-refractivity contribution in [3.8, 4) is 56.8 Å². The van der Waals surface area contributed by atoms with Gasteiger partial charge in [0.15, 0.2) is 11.6 Å². The number of aromatic nitrogens is 4. The number of hydrogen-bond acceptors (Lipinski definition) is 8. The van der Waals surface area contributed by atoms with E-state index in [2.05, 4.69) is 46.6 Å². The number of rotatable bonds is 6. The Morgan fingerprint density at radius 3 is 1.32 bits per heavy atom. The van der Waals surface area contributed by atoms with Crippen LogP contribution in [0.25, 0.3) is 110 Å². The van der Waals surface area contributed by atoms with Gasteiger partial charge in [-0.15, -0.1) is 0 Å². The van der Waals surface area contributed by atoms with Gasteiger partial charge in [0, 0.05) is 43.8 Å². The van der Waals surface area contributed by atoms with E-state index in [-0.39, 0.29) is 5.75 Å². The molecule has 334 valence electrons. The Morgan fingerprint density at radius 2 is 0.812 bits per heavy atom. The molecule has 0 saturated carbocycles. The SMILES string of the molecule is O=S(=O)(Oc1ccc2cc(-c3nc(-c4ccccc4)c4ccc5ccccc5c4n3)ccc2c1)C(F)(F)F.Oc1ccc2cc(-c3nc(-c4ccccc4)c4ccc5ccccc5c4n3)ccc2c1. The summed E-state index contributed by atoms with van der Waals surface area (Å²) in [4.78, 5) is 19.9. The van der Waals surface area contributed by atoms with Gasteiger partial charge in [-0.25, -0.2) is 19.9 Å². The summed E-state index contributed by atoms with van der Waals surface area (Å²) in [6.07, 6.45) is 0. The lowest BCUT2D eigenvalue weighted by atomic mass is 10.0. The summed E-state index contributed by atoms with van der Waals surface area (Å²) in [5, 5.41) is 19.2. The maximum atomic E-state index is 12.7. The van der Waals surface area contributed by atoms with E-state index >= 15 is 0 Å². The van der Waals surface area contributed by atoms with Gasteiger partial charge in [0.2, 0.25) is 0 Å². The molecule has 0 spiro atoms. The van der Waals surface area contributed by atoms with Crippen molar-refractivity contribution in [2.75, 3.05) is 0 Å². The van der Waals surface area contributed by atoms with Crippen LogP contribution < -0.4 is 4.18 Å². The van der Waals surface area contributed by atoms with Crippen LogP contribution >= 0.6 is 0 Å². The summed E-state index contributed by atoms with van der Waals surface area (Å²) in [6, 6.07) is 65.3. The average Bonchev–Trinajstić information content (AvgIpc) is 3.37. The first-order valence-corrected chi connectivity index (χ1v) is 23.1. The highest BCUT2D eigenvalue weighted by atomic mass is 32.2. The molecular weight excluding hydrogens is 894 g/mol. The second-order valence-electron chi connectivity index (χ2n) is 16.3. The normalized spacial score (nSPS) is 11.9. The second kappa shape index (κ2) is 17.2. The summed E-state index contributed by atoms with van der Waals surface area (Å²) in [7, 11) is -5.76. The Morgan fingerprint density at radius 1 is 0.391 bits per heavy atom. The van der Waals surface area contributed by atoms with Crippen molar-refractivity contribution in [2.45, 2.75) is 5.51 Å². The molecule has 0 aliphatic carbocycles. The van der Waals surface area contributed by atoms with Crippen molar-refractivity contribution in [3.05, 3.63) is 206 Å². The van der Waals surface area contributed by atoms with Gasteiger partial charge in [-0.05, 0) is 80.8 Å². The number of hydrogen-bond donors (Lipinski definition) is 1. The summed E-state index contributed by atoms with van der Waals surface area (Å²) >= 11 is 0. The van der Waals surface area contributed by atoms with Crippen LogP contribution in [0.1, 0.15) is 0 Å². The van der Waals surface area contributed by atoms with Gasteiger partial charge in [0.25, 0.3) is 0 Å². The van der Waals surface area contributed by atoms with Crippen LogP contribution in [0.2, 0.25) is 0 Å². The lowest BCUT2D eigenvalue weighted by Crippen LogP contribution is -2.28. The fourth-order valence-corrected chi connectivity index (χ4v) is 9.03. The van der Waals surface area contributed by atoms with Crippen LogP contribution in [0.4, 0.5) is 13.2 Å². The van der Waals surface area contributed by atoms with Gasteiger partial charge >= 0.3 is 15.6 Å².